The van der Waals surface area contributed by atoms with Crippen molar-refractivity contribution in [3.8, 4) is 0 Å². The van der Waals surface area contributed by atoms with Gasteiger partial charge in [-0.25, -0.2) is 9.08 Å². The molecule has 0 rings (SSSR count). The van der Waals surface area contributed by atoms with Gasteiger partial charge in [0.25, 0.3) is 0 Å². The molecule has 0 aliphatic rings. The van der Waals surface area contributed by atoms with E-state index in [1.165, 1.54) is 31.7 Å². The summed E-state index contributed by atoms with van der Waals surface area (Å²) in [7, 11) is -4.26. The van der Waals surface area contributed by atoms with Crippen LogP contribution < -0.4 is 0 Å². The lowest BCUT2D eigenvalue weighted by molar-refractivity contribution is -0.159. The van der Waals surface area contributed by atoms with Gasteiger partial charge >= 0.3 is 10.4 Å². The van der Waals surface area contributed by atoms with Crippen LogP contribution in [0.1, 0.15) is 20.8 Å². The molecule has 0 heterocycles. The van der Waals surface area contributed by atoms with Crippen LogP contribution >= 0.6 is 0 Å². The molecule has 0 saturated carbocycles. The summed E-state index contributed by atoms with van der Waals surface area (Å²) in [6.07, 6.45) is -1.28. The second-order valence-corrected chi connectivity index (χ2v) is 4.43. The molecule has 0 aliphatic carbocycles. The molecule has 8 nitrogen and oxygen atoms in total. The first-order chi connectivity index (χ1) is 8.02. The maximum Gasteiger partial charge on any atom is 0.397 e. The Kier molecular flexibility index (Phi) is 10.3. The van der Waals surface area contributed by atoms with Gasteiger partial charge in [-0.15, -0.1) is 6.58 Å². The Bertz CT molecular complexity index is 294. The summed E-state index contributed by atoms with van der Waals surface area (Å²) in [6, 6.07) is 0. The van der Waals surface area contributed by atoms with E-state index in [0.717, 1.165) is 0 Å². The number of aliphatic hydroxyl groups excluding tert-OH is 3. The van der Waals surface area contributed by atoms with Gasteiger partial charge in [-0.05, 0) is 20.8 Å². The van der Waals surface area contributed by atoms with E-state index in [4.69, 9.17) is 19.9 Å². The molecular formula is C9H21NO7S. The highest BCUT2D eigenvalue weighted by molar-refractivity contribution is 7.80. The fraction of sp³-hybridized carbons (Fsp3) is 0.778. The molecule has 9 heteroatoms. The van der Waals surface area contributed by atoms with Crippen molar-refractivity contribution in [1.29, 1.82) is 0 Å². The summed E-state index contributed by atoms with van der Waals surface area (Å²) >= 11 is 0. The number of hydrogen-bond acceptors (Lipinski definition) is 7. The lowest BCUT2D eigenvalue weighted by Gasteiger charge is -2.30. The number of aliphatic hydroxyl groups is 3. The van der Waals surface area contributed by atoms with Gasteiger partial charge in [0, 0.05) is 0 Å². The number of rotatable bonds is 6. The summed E-state index contributed by atoms with van der Waals surface area (Å²) in [6.45, 7) is 7.42. The lowest BCUT2D eigenvalue weighted by Crippen LogP contribution is -2.45. The largest absolute Gasteiger partial charge is 0.397 e. The van der Waals surface area contributed by atoms with Crippen LogP contribution in [0, 0.1) is 0 Å². The average molecular weight is 287 g/mol. The van der Waals surface area contributed by atoms with Gasteiger partial charge in [-0.1, -0.05) is 6.08 Å². The van der Waals surface area contributed by atoms with Crippen LogP contribution in [0.5, 0.6) is 0 Å². The fourth-order valence-corrected chi connectivity index (χ4v) is 1.34. The van der Waals surface area contributed by atoms with Crippen molar-refractivity contribution in [1.82, 2.24) is 4.90 Å². The lowest BCUT2D eigenvalue weighted by atomic mass is 10.4. The zero-order valence-corrected chi connectivity index (χ0v) is 11.4. The van der Waals surface area contributed by atoms with E-state index < -0.39 is 29.1 Å². The summed E-state index contributed by atoms with van der Waals surface area (Å²) in [4.78, 5) is 1.17. The molecular weight excluding hydrogens is 266 g/mol. The van der Waals surface area contributed by atoms with Crippen molar-refractivity contribution in [3.63, 3.8) is 0 Å². The third kappa shape index (κ3) is 11.9. The maximum absolute atomic E-state index is 9.68. The molecule has 0 aromatic heterocycles. The standard InChI is InChI=1S/C6H15NO3.C3H6O4S/c1-4(8)7(5(2)9)6(3)10;1-2-3-7-8(4,5)6/h4-6,8-10H,1-3H3;2H,1,3H2,(H,4,5,6). The van der Waals surface area contributed by atoms with Crippen LogP contribution in [0.4, 0.5) is 0 Å². The highest BCUT2D eigenvalue weighted by atomic mass is 32.3. The summed E-state index contributed by atoms with van der Waals surface area (Å²) < 4.78 is 31.0. The quantitative estimate of drug-likeness (QED) is 0.287. The zero-order valence-electron chi connectivity index (χ0n) is 10.6. The second kappa shape index (κ2) is 9.39. The normalized spacial score (nSPS) is 16.4. The van der Waals surface area contributed by atoms with E-state index >= 15 is 0 Å². The van der Waals surface area contributed by atoms with E-state index in [1.54, 1.807) is 0 Å². The third-order valence-corrected chi connectivity index (χ3v) is 2.06. The fourth-order valence-electron chi connectivity index (χ4n) is 1.07. The maximum atomic E-state index is 9.68. The smallest absolute Gasteiger partial charge is 0.379 e. The highest BCUT2D eigenvalue weighted by Gasteiger charge is 2.20. The van der Waals surface area contributed by atoms with E-state index in [0.29, 0.717) is 0 Å². The molecule has 4 N–H and O–H groups in total. The Morgan fingerprint density at radius 2 is 1.50 bits per heavy atom. The number of hydrogen-bond donors (Lipinski definition) is 4. The Morgan fingerprint density at radius 1 is 1.17 bits per heavy atom. The van der Waals surface area contributed by atoms with Gasteiger partial charge in [-0.2, -0.15) is 8.42 Å². The molecule has 0 aliphatic heterocycles. The van der Waals surface area contributed by atoms with Crippen LogP contribution in [-0.4, -0.2) is 58.5 Å². The van der Waals surface area contributed by atoms with Crippen LogP contribution in [0.3, 0.4) is 0 Å². The molecule has 0 radical (unpaired) electrons. The molecule has 0 saturated heterocycles. The molecule has 0 aromatic rings. The molecule has 18 heavy (non-hydrogen) atoms. The molecule has 0 spiro atoms. The molecule has 110 valence electrons. The molecule has 0 aromatic carbocycles. The van der Waals surface area contributed by atoms with Crippen molar-refractivity contribution >= 4 is 10.4 Å². The van der Waals surface area contributed by atoms with Crippen molar-refractivity contribution in [2.45, 2.75) is 39.5 Å². The minimum Gasteiger partial charge on any atom is -0.379 e. The van der Waals surface area contributed by atoms with Crippen molar-refractivity contribution in [2.75, 3.05) is 6.61 Å². The molecule has 0 amide bonds. The Balaban J connectivity index is 0. The Morgan fingerprint density at radius 3 is 1.56 bits per heavy atom. The van der Waals surface area contributed by atoms with Crippen LogP contribution in [0.15, 0.2) is 12.7 Å². The van der Waals surface area contributed by atoms with E-state index in [-0.39, 0.29) is 6.61 Å². The van der Waals surface area contributed by atoms with Gasteiger partial charge in [0.15, 0.2) is 0 Å². The van der Waals surface area contributed by atoms with Crippen molar-refractivity contribution < 1.29 is 32.5 Å². The van der Waals surface area contributed by atoms with Crippen LogP contribution in [0.2, 0.25) is 0 Å². The van der Waals surface area contributed by atoms with Gasteiger partial charge in [-0.3, -0.25) is 4.55 Å². The molecule has 0 fully saturated rings. The third-order valence-electron chi connectivity index (χ3n) is 1.63. The van der Waals surface area contributed by atoms with Crippen LogP contribution in [0.25, 0.3) is 0 Å². The van der Waals surface area contributed by atoms with Gasteiger partial charge in [0.05, 0.1) is 6.61 Å². The first-order valence-electron chi connectivity index (χ1n) is 5.07. The monoisotopic (exact) mass is 287 g/mol. The molecule has 3 atom stereocenters. The van der Waals surface area contributed by atoms with E-state index in [9.17, 15) is 8.42 Å². The minimum atomic E-state index is -4.26. The van der Waals surface area contributed by atoms with Gasteiger partial charge < -0.3 is 15.3 Å². The minimum absolute atomic E-state index is 0.196. The second-order valence-electron chi connectivity index (χ2n) is 3.34. The predicted molar refractivity (Wildman–Crippen MR) is 64.6 cm³/mol. The first-order valence-corrected chi connectivity index (χ1v) is 6.43. The van der Waals surface area contributed by atoms with Gasteiger partial charge in [0.2, 0.25) is 0 Å². The zero-order chi connectivity index (χ0) is 14.9. The van der Waals surface area contributed by atoms with E-state index in [2.05, 4.69) is 10.8 Å². The summed E-state index contributed by atoms with van der Waals surface area (Å²) in [5, 5.41) is 26.9. The SMILES string of the molecule is C=CCOS(=O)(=O)O.CC(O)N(C(C)O)C(C)O. The summed E-state index contributed by atoms with van der Waals surface area (Å²) in [5.74, 6) is 0. The Labute approximate surface area is 107 Å². The van der Waals surface area contributed by atoms with Crippen molar-refractivity contribution in [2.24, 2.45) is 0 Å². The molecule has 3 unspecified atom stereocenters. The average Bonchev–Trinajstić information content (AvgIpc) is 2.12. The topological polar surface area (TPSA) is 128 Å². The van der Waals surface area contributed by atoms with Crippen molar-refractivity contribution in [3.05, 3.63) is 12.7 Å². The summed E-state index contributed by atoms with van der Waals surface area (Å²) in [5.41, 5.74) is 0. The van der Waals surface area contributed by atoms with Gasteiger partial charge in [0.1, 0.15) is 18.7 Å². The predicted octanol–water partition coefficient (Wildman–Crippen LogP) is -0.705. The first kappa shape index (κ1) is 19.8. The van der Waals surface area contributed by atoms with E-state index in [1.807, 2.05) is 0 Å². The number of nitrogens with zero attached hydrogens (tertiary/aromatic N) is 1. The Hall–Kier alpha value is -0.550. The highest BCUT2D eigenvalue weighted by Crippen LogP contribution is 2.04. The van der Waals surface area contributed by atoms with Crippen LogP contribution in [-0.2, 0) is 14.6 Å². The molecule has 0 bridgehead atoms.